The van der Waals surface area contributed by atoms with Gasteiger partial charge in [0.1, 0.15) is 16.3 Å². The minimum Gasteiger partial charge on any atom is -0.267 e. The fraction of sp³-hybridized carbons (Fsp3) is 0.0909. The summed E-state index contributed by atoms with van der Waals surface area (Å²) in [5.41, 5.74) is -1.28. The number of para-hydroxylation sites is 1. The largest absolute Gasteiger partial charge is 0.418 e. The van der Waals surface area contributed by atoms with E-state index < -0.39 is 23.1 Å². The molecule has 4 aromatic rings. The summed E-state index contributed by atoms with van der Waals surface area (Å²) in [6, 6.07) is 12.5. The van der Waals surface area contributed by atoms with Crippen LogP contribution in [-0.2, 0) is 6.18 Å². The van der Waals surface area contributed by atoms with Crippen LogP contribution in [0.15, 0.2) is 59.4 Å². The lowest BCUT2D eigenvalue weighted by Gasteiger charge is -2.16. The predicted octanol–water partition coefficient (Wildman–Crippen LogP) is 6.08. The van der Waals surface area contributed by atoms with Gasteiger partial charge in [0, 0.05) is 10.4 Å². The molecular weight excluding hydrogens is 416 g/mol. The molecule has 0 aliphatic heterocycles. The van der Waals surface area contributed by atoms with Crippen LogP contribution in [0, 0.1) is 12.7 Å². The molecular formula is C22H14F4N2OS. The van der Waals surface area contributed by atoms with E-state index in [1.54, 1.807) is 19.1 Å². The molecule has 0 bridgehead atoms. The molecule has 0 atom stereocenters. The minimum absolute atomic E-state index is 0.0229. The molecule has 0 aliphatic rings. The standard InChI is InChI=1S/C22H14F4N2OS/c1-13-12-17-20(30-13)21(29)28(18-9-5-3-7-15(18)22(24,25)26)19(27-17)11-10-14-6-2-4-8-16(14)23/h2-12H,1H3. The van der Waals surface area contributed by atoms with Crippen LogP contribution in [0.1, 0.15) is 21.8 Å². The van der Waals surface area contributed by atoms with E-state index in [1.165, 1.54) is 59.9 Å². The first-order valence-corrected chi connectivity index (χ1v) is 9.70. The second-order valence-corrected chi connectivity index (χ2v) is 7.81. The average molecular weight is 430 g/mol. The van der Waals surface area contributed by atoms with Gasteiger partial charge in [0.15, 0.2) is 0 Å². The van der Waals surface area contributed by atoms with Crippen molar-refractivity contribution in [1.29, 1.82) is 0 Å². The molecule has 2 aromatic carbocycles. The molecule has 0 radical (unpaired) electrons. The van der Waals surface area contributed by atoms with Gasteiger partial charge < -0.3 is 0 Å². The lowest BCUT2D eigenvalue weighted by molar-refractivity contribution is -0.137. The summed E-state index contributed by atoms with van der Waals surface area (Å²) in [6.07, 6.45) is -1.93. The van der Waals surface area contributed by atoms with Gasteiger partial charge in [0.25, 0.3) is 5.56 Å². The molecule has 30 heavy (non-hydrogen) atoms. The first-order chi connectivity index (χ1) is 14.3. The molecule has 0 saturated carbocycles. The SMILES string of the molecule is Cc1cc2nc(C=Cc3ccccc3F)n(-c3ccccc3C(F)(F)F)c(=O)c2s1. The van der Waals surface area contributed by atoms with Crippen LogP contribution in [0.4, 0.5) is 17.6 Å². The van der Waals surface area contributed by atoms with Crippen molar-refractivity contribution in [3.63, 3.8) is 0 Å². The van der Waals surface area contributed by atoms with Crippen LogP contribution in [-0.4, -0.2) is 9.55 Å². The number of aromatic nitrogens is 2. The van der Waals surface area contributed by atoms with Crippen molar-refractivity contribution in [1.82, 2.24) is 9.55 Å². The van der Waals surface area contributed by atoms with Crippen molar-refractivity contribution in [3.8, 4) is 5.69 Å². The number of thiophene rings is 1. The Bertz CT molecular complexity index is 1340. The fourth-order valence-electron chi connectivity index (χ4n) is 3.14. The van der Waals surface area contributed by atoms with Crippen molar-refractivity contribution in [2.75, 3.05) is 0 Å². The second-order valence-electron chi connectivity index (χ2n) is 6.55. The molecule has 152 valence electrons. The molecule has 0 saturated heterocycles. The second kappa shape index (κ2) is 7.53. The fourth-order valence-corrected chi connectivity index (χ4v) is 4.02. The van der Waals surface area contributed by atoms with Gasteiger partial charge in [-0.15, -0.1) is 11.3 Å². The smallest absolute Gasteiger partial charge is 0.267 e. The number of halogens is 4. The summed E-state index contributed by atoms with van der Waals surface area (Å²) in [6.45, 7) is 1.79. The number of fused-ring (bicyclic) bond motifs is 1. The Morgan fingerprint density at radius 1 is 1.03 bits per heavy atom. The molecule has 4 rings (SSSR count). The van der Waals surface area contributed by atoms with Gasteiger partial charge in [-0.1, -0.05) is 30.3 Å². The molecule has 0 spiro atoms. The Balaban J connectivity index is 2.02. The first-order valence-electron chi connectivity index (χ1n) is 8.88. The molecule has 0 aliphatic carbocycles. The molecule has 8 heteroatoms. The molecule has 0 unspecified atom stereocenters. The number of aryl methyl sites for hydroxylation is 1. The third-order valence-corrected chi connectivity index (χ3v) is 5.49. The van der Waals surface area contributed by atoms with Gasteiger partial charge in [-0.25, -0.2) is 9.37 Å². The van der Waals surface area contributed by atoms with Crippen LogP contribution < -0.4 is 5.56 Å². The highest BCUT2D eigenvalue weighted by atomic mass is 32.1. The quantitative estimate of drug-likeness (QED) is 0.369. The maximum Gasteiger partial charge on any atom is 0.418 e. The van der Waals surface area contributed by atoms with Gasteiger partial charge >= 0.3 is 6.18 Å². The summed E-state index contributed by atoms with van der Waals surface area (Å²) in [4.78, 5) is 18.4. The maximum atomic E-state index is 14.0. The summed E-state index contributed by atoms with van der Waals surface area (Å²) in [5.74, 6) is -0.518. The number of hydrogen-bond acceptors (Lipinski definition) is 3. The van der Waals surface area contributed by atoms with E-state index in [2.05, 4.69) is 4.98 Å². The Morgan fingerprint density at radius 3 is 2.47 bits per heavy atom. The minimum atomic E-state index is -4.66. The Hall–Kier alpha value is -3.26. The topological polar surface area (TPSA) is 34.9 Å². The van der Waals surface area contributed by atoms with E-state index in [1.807, 2.05) is 0 Å². The summed E-state index contributed by atoms with van der Waals surface area (Å²) in [5, 5.41) is 0. The molecule has 0 amide bonds. The monoisotopic (exact) mass is 430 g/mol. The zero-order valence-corrected chi connectivity index (χ0v) is 16.4. The van der Waals surface area contributed by atoms with Crippen molar-refractivity contribution >= 4 is 33.7 Å². The summed E-state index contributed by atoms with van der Waals surface area (Å²) in [7, 11) is 0. The Morgan fingerprint density at radius 2 is 1.73 bits per heavy atom. The van der Waals surface area contributed by atoms with Crippen LogP contribution in [0.3, 0.4) is 0 Å². The van der Waals surface area contributed by atoms with Gasteiger partial charge in [-0.05, 0) is 43.3 Å². The zero-order valence-electron chi connectivity index (χ0n) is 15.6. The number of hydrogen-bond donors (Lipinski definition) is 0. The number of rotatable bonds is 3. The maximum absolute atomic E-state index is 14.0. The highest BCUT2D eigenvalue weighted by Gasteiger charge is 2.34. The van der Waals surface area contributed by atoms with Crippen LogP contribution in [0.5, 0.6) is 0 Å². The molecule has 2 aromatic heterocycles. The zero-order chi connectivity index (χ0) is 21.5. The third kappa shape index (κ3) is 3.66. The van der Waals surface area contributed by atoms with E-state index in [0.29, 0.717) is 5.52 Å². The van der Waals surface area contributed by atoms with E-state index in [-0.39, 0.29) is 21.8 Å². The number of nitrogens with zero attached hydrogens (tertiary/aromatic N) is 2. The lowest BCUT2D eigenvalue weighted by atomic mass is 10.1. The van der Waals surface area contributed by atoms with E-state index in [4.69, 9.17) is 0 Å². The van der Waals surface area contributed by atoms with E-state index >= 15 is 0 Å². The normalized spacial score (nSPS) is 12.2. The highest BCUT2D eigenvalue weighted by molar-refractivity contribution is 7.18. The molecule has 3 nitrogen and oxygen atoms in total. The van der Waals surface area contributed by atoms with Crippen molar-refractivity contribution < 1.29 is 17.6 Å². The summed E-state index contributed by atoms with van der Waals surface area (Å²) < 4.78 is 56.0. The van der Waals surface area contributed by atoms with Gasteiger partial charge in [-0.3, -0.25) is 9.36 Å². The van der Waals surface area contributed by atoms with Crippen molar-refractivity contribution in [3.05, 3.63) is 92.6 Å². The Kier molecular flexibility index (Phi) is 5.03. The predicted molar refractivity (Wildman–Crippen MR) is 110 cm³/mol. The first kappa shape index (κ1) is 20.0. The molecule has 2 heterocycles. The number of alkyl halides is 3. The van der Waals surface area contributed by atoms with E-state index in [0.717, 1.165) is 15.5 Å². The van der Waals surface area contributed by atoms with Crippen LogP contribution >= 0.6 is 11.3 Å². The molecule has 0 fully saturated rings. The molecule has 0 N–H and O–H groups in total. The third-order valence-electron chi connectivity index (χ3n) is 4.46. The Labute approximate surface area is 172 Å². The number of benzene rings is 2. The van der Waals surface area contributed by atoms with Crippen molar-refractivity contribution in [2.24, 2.45) is 0 Å². The average Bonchev–Trinajstić information content (AvgIpc) is 3.07. The van der Waals surface area contributed by atoms with Gasteiger partial charge in [0.05, 0.1) is 16.8 Å². The van der Waals surface area contributed by atoms with Gasteiger partial charge in [0.2, 0.25) is 0 Å². The van der Waals surface area contributed by atoms with Gasteiger partial charge in [-0.2, -0.15) is 13.2 Å². The van der Waals surface area contributed by atoms with Crippen LogP contribution in [0.25, 0.3) is 28.1 Å². The van der Waals surface area contributed by atoms with Crippen molar-refractivity contribution in [2.45, 2.75) is 13.1 Å². The van der Waals surface area contributed by atoms with E-state index in [9.17, 15) is 22.4 Å². The summed E-state index contributed by atoms with van der Waals surface area (Å²) >= 11 is 1.17. The lowest BCUT2D eigenvalue weighted by Crippen LogP contribution is -2.24. The van der Waals surface area contributed by atoms with Crippen LogP contribution in [0.2, 0.25) is 0 Å². The highest BCUT2D eigenvalue weighted by Crippen LogP contribution is 2.34.